The van der Waals surface area contributed by atoms with Crippen molar-refractivity contribution in [2.24, 2.45) is 4.99 Å². The van der Waals surface area contributed by atoms with Gasteiger partial charge in [-0.2, -0.15) is 13.2 Å². The first-order valence-corrected chi connectivity index (χ1v) is 9.11. The molecule has 0 fully saturated rings. The lowest BCUT2D eigenvalue weighted by Crippen LogP contribution is -2.39. The molecule has 0 aliphatic rings. The molecule has 0 saturated heterocycles. The van der Waals surface area contributed by atoms with Gasteiger partial charge in [-0.1, -0.05) is 37.3 Å². The summed E-state index contributed by atoms with van der Waals surface area (Å²) in [5.41, 5.74) is 0.244. The van der Waals surface area contributed by atoms with E-state index in [4.69, 9.17) is 0 Å². The summed E-state index contributed by atoms with van der Waals surface area (Å²) in [6.45, 7) is 6.19. The van der Waals surface area contributed by atoms with Crippen molar-refractivity contribution in [3.8, 4) is 0 Å². The summed E-state index contributed by atoms with van der Waals surface area (Å²) < 4.78 is 38.0. The van der Waals surface area contributed by atoms with Crippen molar-refractivity contribution in [2.45, 2.75) is 25.9 Å². The Kier molecular flexibility index (Phi) is 8.03. The number of anilines is 1. The summed E-state index contributed by atoms with van der Waals surface area (Å²) in [6.07, 6.45) is -3.40. The molecule has 2 aromatic rings. The highest BCUT2D eigenvalue weighted by molar-refractivity contribution is 5.79. The van der Waals surface area contributed by atoms with Gasteiger partial charge in [0.05, 0.1) is 0 Å². The zero-order chi connectivity index (χ0) is 20.4. The third-order valence-electron chi connectivity index (χ3n) is 3.88. The number of halogens is 3. The highest BCUT2D eigenvalue weighted by Crippen LogP contribution is 2.27. The average molecular weight is 394 g/mol. The molecule has 0 aliphatic carbocycles. The fourth-order valence-electron chi connectivity index (χ4n) is 2.41. The number of aromatic nitrogens is 2. The summed E-state index contributed by atoms with van der Waals surface area (Å²) in [5.74, 6) is 0.863. The fraction of sp³-hybridized carbons (Fsp3) is 0.421. The van der Waals surface area contributed by atoms with Crippen molar-refractivity contribution >= 4 is 11.9 Å². The van der Waals surface area contributed by atoms with Crippen LogP contribution in [0.25, 0.3) is 0 Å². The zero-order valence-electron chi connectivity index (χ0n) is 15.9. The molecule has 0 spiro atoms. The zero-order valence-corrected chi connectivity index (χ0v) is 15.9. The van der Waals surface area contributed by atoms with E-state index in [0.29, 0.717) is 32.1 Å². The van der Waals surface area contributed by atoms with E-state index >= 15 is 0 Å². The summed E-state index contributed by atoms with van der Waals surface area (Å²) in [4.78, 5) is 11.8. The number of rotatable bonds is 8. The van der Waals surface area contributed by atoms with E-state index < -0.39 is 11.9 Å². The molecule has 6 nitrogen and oxygen atoms in total. The summed E-state index contributed by atoms with van der Waals surface area (Å²) in [5, 5.41) is 9.07. The molecule has 28 heavy (non-hydrogen) atoms. The van der Waals surface area contributed by atoms with Gasteiger partial charge in [0.25, 0.3) is 0 Å². The smallest absolute Gasteiger partial charge is 0.357 e. The van der Waals surface area contributed by atoms with Crippen LogP contribution in [0.2, 0.25) is 0 Å². The maximum Gasteiger partial charge on any atom is 0.433 e. The van der Waals surface area contributed by atoms with Gasteiger partial charge in [-0.3, -0.25) is 4.99 Å². The molecule has 152 valence electrons. The lowest BCUT2D eigenvalue weighted by atomic mass is 10.0. The molecule has 1 aromatic carbocycles. The van der Waals surface area contributed by atoms with E-state index in [1.165, 1.54) is 5.56 Å². The molecule has 1 unspecified atom stereocenters. The Balaban J connectivity index is 1.83. The second-order valence-electron chi connectivity index (χ2n) is 6.15. The Hall–Kier alpha value is -2.84. The van der Waals surface area contributed by atoms with Gasteiger partial charge in [0.2, 0.25) is 5.95 Å². The van der Waals surface area contributed by atoms with Crippen molar-refractivity contribution in [3.63, 3.8) is 0 Å². The number of aliphatic imine (C=N–C) groups is 1. The molecule has 9 heteroatoms. The van der Waals surface area contributed by atoms with E-state index in [2.05, 4.69) is 50.0 Å². The first kappa shape index (κ1) is 21.5. The number of benzene rings is 1. The number of nitrogens with zero attached hydrogens (tertiary/aromatic N) is 3. The van der Waals surface area contributed by atoms with E-state index in [1.54, 1.807) is 0 Å². The Morgan fingerprint density at radius 1 is 1.11 bits per heavy atom. The van der Waals surface area contributed by atoms with Gasteiger partial charge in [0.15, 0.2) is 5.96 Å². The highest BCUT2D eigenvalue weighted by atomic mass is 19.4. The van der Waals surface area contributed by atoms with Crippen molar-refractivity contribution in [1.29, 1.82) is 0 Å². The van der Waals surface area contributed by atoms with Crippen molar-refractivity contribution in [1.82, 2.24) is 20.6 Å². The average Bonchev–Trinajstić information content (AvgIpc) is 2.69. The van der Waals surface area contributed by atoms with E-state index in [-0.39, 0.29) is 11.9 Å². The van der Waals surface area contributed by atoms with Crippen molar-refractivity contribution < 1.29 is 13.2 Å². The second kappa shape index (κ2) is 10.5. The van der Waals surface area contributed by atoms with Crippen LogP contribution < -0.4 is 16.0 Å². The first-order valence-electron chi connectivity index (χ1n) is 9.11. The molecule has 0 aliphatic heterocycles. The number of hydrogen-bond acceptors (Lipinski definition) is 4. The number of nitrogens with one attached hydrogen (secondary N) is 3. The third-order valence-corrected chi connectivity index (χ3v) is 3.88. The van der Waals surface area contributed by atoms with Crippen LogP contribution in [-0.4, -0.2) is 42.1 Å². The normalized spacial score (nSPS) is 13.1. The van der Waals surface area contributed by atoms with Crippen molar-refractivity contribution in [3.05, 3.63) is 53.9 Å². The number of hydrogen-bond donors (Lipinski definition) is 3. The van der Waals surface area contributed by atoms with Gasteiger partial charge in [0, 0.05) is 38.3 Å². The standard InChI is InChI=1S/C19H25F3N6/c1-3-23-17(27-13-14(2)15-7-5-4-6-8-15)25-11-12-26-18-24-10-9-16(28-18)19(20,21)22/h4-10,14H,3,11-13H2,1-2H3,(H2,23,25,27)(H,24,26,28). The molecule has 0 bridgehead atoms. The number of guanidine groups is 1. The largest absolute Gasteiger partial charge is 0.433 e. The molecule has 3 N–H and O–H groups in total. The summed E-state index contributed by atoms with van der Waals surface area (Å²) >= 11 is 0. The molecular weight excluding hydrogens is 369 g/mol. The predicted octanol–water partition coefficient (Wildman–Crippen LogP) is 3.27. The van der Waals surface area contributed by atoms with Crippen LogP contribution in [-0.2, 0) is 6.18 Å². The van der Waals surface area contributed by atoms with Crippen LogP contribution in [0.15, 0.2) is 47.6 Å². The van der Waals surface area contributed by atoms with Gasteiger partial charge >= 0.3 is 6.18 Å². The lowest BCUT2D eigenvalue weighted by molar-refractivity contribution is -0.141. The van der Waals surface area contributed by atoms with Crippen molar-refractivity contribution in [2.75, 3.05) is 31.5 Å². The maximum absolute atomic E-state index is 12.7. The second-order valence-corrected chi connectivity index (χ2v) is 6.15. The topological polar surface area (TPSA) is 74.2 Å². The Bertz CT molecular complexity index is 749. The molecule has 0 saturated carbocycles. The van der Waals surface area contributed by atoms with Crippen LogP contribution in [0.1, 0.15) is 31.0 Å². The van der Waals surface area contributed by atoms with Crippen LogP contribution in [0.5, 0.6) is 0 Å². The monoisotopic (exact) mass is 394 g/mol. The Morgan fingerprint density at radius 3 is 2.54 bits per heavy atom. The van der Waals surface area contributed by atoms with Gasteiger partial charge in [-0.05, 0) is 18.6 Å². The third kappa shape index (κ3) is 7.05. The minimum absolute atomic E-state index is 0.0590. The van der Waals surface area contributed by atoms with Gasteiger partial charge in [-0.15, -0.1) is 0 Å². The van der Waals surface area contributed by atoms with E-state index in [1.807, 2.05) is 25.1 Å². The predicted molar refractivity (Wildman–Crippen MR) is 104 cm³/mol. The van der Waals surface area contributed by atoms with E-state index in [9.17, 15) is 13.2 Å². The van der Waals surface area contributed by atoms with Crippen LogP contribution in [0.3, 0.4) is 0 Å². The van der Waals surface area contributed by atoms with Gasteiger partial charge in [-0.25, -0.2) is 9.97 Å². The van der Waals surface area contributed by atoms with E-state index in [0.717, 1.165) is 12.3 Å². The molecular formula is C19H25F3N6. The molecule has 2 rings (SSSR count). The summed E-state index contributed by atoms with van der Waals surface area (Å²) in [7, 11) is 0. The maximum atomic E-state index is 12.7. The Morgan fingerprint density at radius 2 is 1.86 bits per heavy atom. The minimum atomic E-state index is -4.49. The van der Waals surface area contributed by atoms with Crippen LogP contribution in [0.4, 0.5) is 19.1 Å². The quantitative estimate of drug-likeness (QED) is 0.364. The fourth-order valence-corrected chi connectivity index (χ4v) is 2.41. The molecule has 0 amide bonds. The SMILES string of the molecule is CCNC(=NCC(C)c1ccccc1)NCCNc1nccc(C(F)(F)F)n1. The summed E-state index contributed by atoms with van der Waals surface area (Å²) in [6, 6.07) is 11.0. The van der Waals surface area contributed by atoms with Crippen LogP contribution in [0, 0.1) is 0 Å². The Labute approximate surface area is 162 Å². The molecule has 1 atom stereocenters. The number of alkyl halides is 3. The first-order chi connectivity index (χ1) is 13.4. The van der Waals surface area contributed by atoms with Crippen LogP contribution >= 0.6 is 0 Å². The lowest BCUT2D eigenvalue weighted by Gasteiger charge is -2.14. The van der Waals surface area contributed by atoms with Gasteiger partial charge in [0.1, 0.15) is 5.69 Å². The molecule has 0 radical (unpaired) electrons. The minimum Gasteiger partial charge on any atom is -0.357 e. The van der Waals surface area contributed by atoms with Gasteiger partial charge < -0.3 is 16.0 Å². The highest BCUT2D eigenvalue weighted by Gasteiger charge is 2.32. The molecule has 1 aromatic heterocycles. The molecule has 1 heterocycles.